The molecule has 152 valence electrons. The van der Waals surface area contributed by atoms with Crippen molar-refractivity contribution in [2.45, 2.75) is 25.4 Å². The highest BCUT2D eigenvalue weighted by Crippen LogP contribution is 2.30. The summed E-state index contributed by atoms with van der Waals surface area (Å²) in [6, 6.07) is 15.3. The molecule has 1 aliphatic heterocycles. The highest BCUT2D eigenvalue weighted by atomic mass is 16.4. The van der Waals surface area contributed by atoms with E-state index in [1.165, 1.54) is 6.07 Å². The Labute approximate surface area is 171 Å². The summed E-state index contributed by atoms with van der Waals surface area (Å²) in [5.41, 5.74) is 5.69. The van der Waals surface area contributed by atoms with Crippen LogP contribution in [-0.4, -0.2) is 32.9 Å². The van der Waals surface area contributed by atoms with Crippen LogP contribution in [0.1, 0.15) is 40.2 Å². The third kappa shape index (κ3) is 3.52. The number of imide groups is 1. The second-order valence-electron chi connectivity index (χ2n) is 7.14. The SMILES string of the molecule is CC1(c2cccc(C(N)=O)c2)NC(=O)N(Cc2nnc(Cc3ccccc3)o2)C1=O. The largest absolute Gasteiger partial charge is 0.423 e. The highest BCUT2D eigenvalue weighted by Gasteiger charge is 2.49. The smallest absolute Gasteiger partial charge is 0.325 e. The van der Waals surface area contributed by atoms with Gasteiger partial charge in [0.15, 0.2) is 0 Å². The van der Waals surface area contributed by atoms with Gasteiger partial charge in [0.05, 0.1) is 6.42 Å². The van der Waals surface area contributed by atoms with Gasteiger partial charge in [0.2, 0.25) is 17.7 Å². The minimum atomic E-state index is -1.34. The fraction of sp³-hybridized carbons (Fsp3) is 0.190. The summed E-state index contributed by atoms with van der Waals surface area (Å²) in [5, 5.41) is 10.6. The maximum absolute atomic E-state index is 13.1. The second-order valence-corrected chi connectivity index (χ2v) is 7.14. The number of nitrogens with zero attached hydrogens (tertiary/aromatic N) is 3. The number of rotatable bonds is 6. The molecule has 0 radical (unpaired) electrons. The van der Waals surface area contributed by atoms with Crippen molar-refractivity contribution in [1.29, 1.82) is 0 Å². The molecule has 1 atom stereocenters. The Kier molecular flexibility index (Phi) is 4.78. The lowest BCUT2D eigenvalue weighted by molar-refractivity contribution is -0.131. The van der Waals surface area contributed by atoms with Gasteiger partial charge in [0.1, 0.15) is 12.1 Å². The second kappa shape index (κ2) is 7.43. The van der Waals surface area contributed by atoms with Gasteiger partial charge in [0, 0.05) is 5.56 Å². The van der Waals surface area contributed by atoms with Gasteiger partial charge in [-0.15, -0.1) is 10.2 Å². The van der Waals surface area contributed by atoms with E-state index in [1.807, 2.05) is 30.3 Å². The molecule has 1 fully saturated rings. The first-order valence-corrected chi connectivity index (χ1v) is 9.26. The Morgan fingerprint density at radius 1 is 1.10 bits per heavy atom. The number of urea groups is 1. The van der Waals surface area contributed by atoms with Crippen molar-refractivity contribution in [3.8, 4) is 0 Å². The topological polar surface area (TPSA) is 131 Å². The molecule has 2 heterocycles. The zero-order chi connectivity index (χ0) is 21.3. The molecule has 3 aromatic rings. The van der Waals surface area contributed by atoms with Gasteiger partial charge in [-0.2, -0.15) is 0 Å². The molecule has 2 aromatic carbocycles. The van der Waals surface area contributed by atoms with Crippen LogP contribution >= 0.6 is 0 Å². The molecule has 9 heteroatoms. The van der Waals surface area contributed by atoms with Crippen LogP contribution in [0.4, 0.5) is 4.79 Å². The molecule has 9 nitrogen and oxygen atoms in total. The number of carbonyl (C=O) groups is 3. The number of amides is 4. The first kappa shape index (κ1) is 19.3. The molecular weight excluding hydrogens is 386 g/mol. The van der Waals surface area contributed by atoms with Crippen LogP contribution in [0, 0.1) is 0 Å². The average Bonchev–Trinajstić information content (AvgIpc) is 3.27. The lowest BCUT2D eigenvalue weighted by Gasteiger charge is -2.22. The number of primary amides is 1. The van der Waals surface area contributed by atoms with E-state index >= 15 is 0 Å². The maximum atomic E-state index is 13.1. The Hall–Kier alpha value is -4.01. The standard InChI is InChI=1S/C21H19N5O4/c1-21(15-9-5-8-14(11-15)18(22)27)19(28)26(20(29)23-21)12-17-25-24-16(30-17)10-13-6-3-2-4-7-13/h2-9,11H,10,12H2,1H3,(H2,22,27)(H,23,29). The fourth-order valence-electron chi connectivity index (χ4n) is 3.35. The van der Waals surface area contributed by atoms with Gasteiger partial charge < -0.3 is 15.5 Å². The molecule has 1 aromatic heterocycles. The van der Waals surface area contributed by atoms with E-state index in [2.05, 4.69) is 15.5 Å². The molecule has 0 aliphatic carbocycles. The molecule has 0 spiro atoms. The van der Waals surface area contributed by atoms with Crippen molar-refractivity contribution < 1.29 is 18.8 Å². The minimum Gasteiger partial charge on any atom is -0.423 e. The molecule has 1 unspecified atom stereocenters. The monoisotopic (exact) mass is 405 g/mol. The van der Waals surface area contributed by atoms with Crippen LogP contribution in [0.5, 0.6) is 0 Å². The number of nitrogens with two attached hydrogens (primary N) is 1. The first-order valence-electron chi connectivity index (χ1n) is 9.26. The Morgan fingerprint density at radius 2 is 1.83 bits per heavy atom. The summed E-state index contributed by atoms with van der Waals surface area (Å²) in [4.78, 5) is 38.0. The minimum absolute atomic E-state index is 0.152. The molecule has 4 rings (SSSR count). The van der Waals surface area contributed by atoms with Gasteiger partial charge in [-0.05, 0) is 30.2 Å². The molecule has 4 amide bonds. The van der Waals surface area contributed by atoms with Crippen molar-refractivity contribution in [2.24, 2.45) is 5.73 Å². The third-order valence-corrected chi connectivity index (χ3v) is 5.00. The van der Waals surface area contributed by atoms with E-state index in [1.54, 1.807) is 25.1 Å². The molecule has 1 aliphatic rings. The van der Waals surface area contributed by atoms with E-state index < -0.39 is 23.4 Å². The van der Waals surface area contributed by atoms with Crippen LogP contribution < -0.4 is 11.1 Å². The third-order valence-electron chi connectivity index (χ3n) is 5.00. The van der Waals surface area contributed by atoms with Crippen molar-refractivity contribution >= 4 is 17.8 Å². The van der Waals surface area contributed by atoms with Crippen LogP contribution in [0.15, 0.2) is 59.0 Å². The number of aromatic nitrogens is 2. The van der Waals surface area contributed by atoms with Crippen LogP contribution in [0.3, 0.4) is 0 Å². The molecule has 0 saturated carbocycles. The lowest BCUT2D eigenvalue weighted by atomic mass is 9.90. The van der Waals surface area contributed by atoms with E-state index in [9.17, 15) is 14.4 Å². The normalized spacial score (nSPS) is 18.5. The van der Waals surface area contributed by atoms with Crippen molar-refractivity contribution in [1.82, 2.24) is 20.4 Å². The van der Waals surface area contributed by atoms with Gasteiger partial charge in [-0.3, -0.25) is 14.5 Å². The number of carbonyl (C=O) groups excluding carboxylic acids is 3. The Balaban J connectivity index is 1.52. The Bertz CT molecular complexity index is 1130. The van der Waals surface area contributed by atoms with Crippen LogP contribution in [0.2, 0.25) is 0 Å². The number of nitrogens with one attached hydrogen (secondary N) is 1. The summed E-state index contributed by atoms with van der Waals surface area (Å²) in [5.74, 6) is -0.567. The quantitative estimate of drug-likeness (QED) is 0.600. The molecule has 30 heavy (non-hydrogen) atoms. The molecular formula is C21H19N5O4. The summed E-state index contributed by atoms with van der Waals surface area (Å²) in [7, 11) is 0. The van der Waals surface area contributed by atoms with E-state index in [0.717, 1.165) is 10.5 Å². The lowest BCUT2D eigenvalue weighted by Crippen LogP contribution is -2.41. The van der Waals surface area contributed by atoms with Crippen LogP contribution in [-0.2, 0) is 23.3 Å². The van der Waals surface area contributed by atoms with E-state index in [0.29, 0.717) is 17.9 Å². The van der Waals surface area contributed by atoms with E-state index in [-0.39, 0.29) is 18.0 Å². The number of hydrogen-bond donors (Lipinski definition) is 2. The predicted molar refractivity (Wildman–Crippen MR) is 105 cm³/mol. The van der Waals surface area contributed by atoms with Crippen molar-refractivity contribution in [3.63, 3.8) is 0 Å². The van der Waals surface area contributed by atoms with Crippen LogP contribution in [0.25, 0.3) is 0 Å². The summed E-state index contributed by atoms with van der Waals surface area (Å²) < 4.78 is 5.61. The zero-order valence-corrected chi connectivity index (χ0v) is 16.2. The number of hydrogen-bond acceptors (Lipinski definition) is 6. The highest BCUT2D eigenvalue weighted by molar-refractivity contribution is 6.07. The summed E-state index contributed by atoms with van der Waals surface area (Å²) in [6.45, 7) is 1.42. The van der Waals surface area contributed by atoms with Gasteiger partial charge in [-0.1, -0.05) is 42.5 Å². The Morgan fingerprint density at radius 3 is 2.57 bits per heavy atom. The molecule has 0 bridgehead atoms. The molecule has 3 N–H and O–H groups in total. The van der Waals surface area contributed by atoms with Crippen molar-refractivity contribution in [2.75, 3.05) is 0 Å². The fourth-order valence-corrected chi connectivity index (χ4v) is 3.35. The van der Waals surface area contributed by atoms with Gasteiger partial charge in [-0.25, -0.2) is 4.79 Å². The predicted octanol–water partition coefficient (Wildman–Crippen LogP) is 1.73. The van der Waals surface area contributed by atoms with Gasteiger partial charge >= 0.3 is 6.03 Å². The average molecular weight is 405 g/mol. The van der Waals surface area contributed by atoms with Crippen molar-refractivity contribution in [3.05, 3.63) is 83.1 Å². The molecule has 1 saturated heterocycles. The van der Waals surface area contributed by atoms with E-state index in [4.69, 9.17) is 10.2 Å². The van der Waals surface area contributed by atoms with Gasteiger partial charge in [0.25, 0.3) is 5.91 Å². The zero-order valence-electron chi connectivity index (χ0n) is 16.2. The first-order chi connectivity index (χ1) is 14.4. The number of benzene rings is 2. The summed E-state index contributed by atoms with van der Waals surface area (Å²) >= 11 is 0. The summed E-state index contributed by atoms with van der Waals surface area (Å²) in [6.07, 6.45) is 0.450. The maximum Gasteiger partial charge on any atom is 0.325 e.